The number of fused-ring (bicyclic) bond motifs is 1. The maximum atomic E-state index is 11.5. The predicted molar refractivity (Wildman–Crippen MR) is 69.7 cm³/mol. The summed E-state index contributed by atoms with van der Waals surface area (Å²) >= 11 is 11.4. The Morgan fingerprint density at radius 1 is 1.47 bits per heavy atom. The van der Waals surface area contributed by atoms with E-state index in [1.165, 1.54) is 0 Å². The second-order valence-corrected chi connectivity index (χ2v) is 4.42. The summed E-state index contributed by atoms with van der Waals surface area (Å²) in [6.07, 6.45) is 1.05. The molecule has 0 radical (unpaired) electrons. The first-order valence-electron chi connectivity index (χ1n) is 5.20. The number of anilines is 1. The number of aromatic amines is 1. The number of rotatable bonds is 4. The van der Waals surface area contributed by atoms with Gasteiger partial charge in [0.2, 0.25) is 5.91 Å². The minimum atomic E-state index is -0.0889. The van der Waals surface area contributed by atoms with Crippen molar-refractivity contribution in [3.63, 3.8) is 0 Å². The van der Waals surface area contributed by atoms with Gasteiger partial charge < -0.3 is 5.32 Å². The van der Waals surface area contributed by atoms with Gasteiger partial charge in [0.05, 0.1) is 5.52 Å². The van der Waals surface area contributed by atoms with Crippen LogP contribution in [0.2, 0.25) is 5.02 Å². The number of hydrogen-bond acceptors (Lipinski definition) is 2. The van der Waals surface area contributed by atoms with Gasteiger partial charge in [0, 0.05) is 22.7 Å². The molecule has 6 heteroatoms. The lowest BCUT2D eigenvalue weighted by Crippen LogP contribution is -2.11. The number of H-pyrrole nitrogens is 1. The summed E-state index contributed by atoms with van der Waals surface area (Å²) in [4.78, 5) is 11.5. The van der Waals surface area contributed by atoms with E-state index in [0.29, 0.717) is 29.6 Å². The second-order valence-electron chi connectivity index (χ2n) is 3.60. The van der Waals surface area contributed by atoms with Crippen LogP contribution < -0.4 is 5.32 Å². The molecule has 90 valence electrons. The molecule has 2 aromatic rings. The molecule has 0 fully saturated rings. The standard InChI is InChI=1S/C11H11Cl2N3O/c12-5-1-2-10(17)14-11-8-4-3-7(13)6-9(8)15-16-11/h3-4,6H,1-2,5H2,(H2,14,15,16,17). The number of aromatic nitrogens is 2. The Labute approximate surface area is 108 Å². The van der Waals surface area contributed by atoms with Gasteiger partial charge in [-0.1, -0.05) is 11.6 Å². The van der Waals surface area contributed by atoms with Gasteiger partial charge >= 0.3 is 0 Å². The second kappa shape index (κ2) is 5.38. The van der Waals surface area contributed by atoms with Crippen molar-refractivity contribution in [1.82, 2.24) is 10.2 Å². The SMILES string of the molecule is O=C(CCCCl)Nc1n[nH]c2cc(Cl)ccc12. The van der Waals surface area contributed by atoms with Crippen molar-refractivity contribution in [2.45, 2.75) is 12.8 Å². The van der Waals surface area contributed by atoms with E-state index in [1.54, 1.807) is 12.1 Å². The Balaban J connectivity index is 2.16. The van der Waals surface area contributed by atoms with Gasteiger partial charge in [-0.3, -0.25) is 9.89 Å². The molecule has 17 heavy (non-hydrogen) atoms. The average Bonchev–Trinajstić information content (AvgIpc) is 2.69. The van der Waals surface area contributed by atoms with Crippen LogP contribution in [0, 0.1) is 0 Å². The topological polar surface area (TPSA) is 57.8 Å². The zero-order chi connectivity index (χ0) is 12.3. The third-order valence-electron chi connectivity index (χ3n) is 2.32. The van der Waals surface area contributed by atoms with E-state index in [-0.39, 0.29) is 5.91 Å². The van der Waals surface area contributed by atoms with Gasteiger partial charge in [0.1, 0.15) is 0 Å². The maximum Gasteiger partial charge on any atom is 0.225 e. The molecule has 0 aliphatic carbocycles. The van der Waals surface area contributed by atoms with Crippen molar-refractivity contribution in [2.24, 2.45) is 0 Å². The Hall–Kier alpha value is -1.26. The molecule has 4 nitrogen and oxygen atoms in total. The molecule has 0 saturated carbocycles. The highest BCUT2D eigenvalue weighted by Gasteiger charge is 2.09. The number of benzene rings is 1. The molecule has 0 saturated heterocycles. The molecule has 1 aromatic carbocycles. The van der Waals surface area contributed by atoms with E-state index in [2.05, 4.69) is 15.5 Å². The molecular weight excluding hydrogens is 261 g/mol. The fourth-order valence-corrected chi connectivity index (χ4v) is 1.81. The Kier molecular flexibility index (Phi) is 3.86. The van der Waals surface area contributed by atoms with Crippen LogP contribution in [0.5, 0.6) is 0 Å². The van der Waals surface area contributed by atoms with E-state index in [9.17, 15) is 4.79 Å². The van der Waals surface area contributed by atoms with E-state index >= 15 is 0 Å². The van der Waals surface area contributed by atoms with Crippen LogP contribution in [0.3, 0.4) is 0 Å². The Morgan fingerprint density at radius 2 is 2.29 bits per heavy atom. The molecule has 0 bridgehead atoms. The summed E-state index contributed by atoms with van der Waals surface area (Å²) in [5, 5.41) is 11.1. The van der Waals surface area contributed by atoms with Crippen LogP contribution in [0.15, 0.2) is 18.2 Å². The molecule has 2 N–H and O–H groups in total. The third kappa shape index (κ3) is 2.90. The van der Waals surface area contributed by atoms with Gasteiger partial charge in [-0.05, 0) is 24.6 Å². The third-order valence-corrected chi connectivity index (χ3v) is 2.82. The van der Waals surface area contributed by atoms with E-state index < -0.39 is 0 Å². The van der Waals surface area contributed by atoms with Crippen molar-refractivity contribution in [3.05, 3.63) is 23.2 Å². The minimum Gasteiger partial charge on any atom is -0.309 e. The molecule has 1 amide bonds. The minimum absolute atomic E-state index is 0.0889. The summed E-state index contributed by atoms with van der Waals surface area (Å²) in [5.41, 5.74) is 0.796. The number of alkyl halides is 1. The number of hydrogen-bond donors (Lipinski definition) is 2. The van der Waals surface area contributed by atoms with E-state index in [1.807, 2.05) is 6.07 Å². The van der Waals surface area contributed by atoms with Gasteiger partial charge in [0.15, 0.2) is 5.82 Å². The summed E-state index contributed by atoms with van der Waals surface area (Å²) in [6, 6.07) is 5.34. The Bertz CT molecular complexity index is 538. The summed E-state index contributed by atoms with van der Waals surface area (Å²) in [5.74, 6) is 0.912. The van der Waals surface area contributed by atoms with Crippen molar-refractivity contribution in [1.29, 1.82) is 0 Å². The lowest BCUT2D eigenvalue weighted by molar-refractivity contribution is -0.116. The van der Waals surface area contributed by atoms with Crippen LogP contribution in [-0.4, -0.2) is 22.0 Å². The highest BCUT2D eigenvalue weighted by molar-refractivity contribution is 6.31. The fourth-order valence-electron chi connectivity index (χ4n) is 1.51. The maximum absolute atomic E-state index is 11.5. The number of carbonyl (C=O) groups is 1. The number of nitrogens with one attached hydrogen (secondary N) is 2. The quantitative estimate of drug-likeness (QED) is 0.840. The fraction of sp³-hybridized carbons (Fsp3) is 0.273. The average molecular weight is 272 g/mol. The van der Waals surface area contributed by atoms with Crippen molar-refractivity contribution in [3.8, 4) is 0 Å². The summed E-state index contributed by atoms with van der Waals surface area (Å²) in [6.45, 7) is 0. The first kappa shape index (κ1) is 12.2. The van der Waals surface area contributed by atoms with Crippen molar-refractivity contribution >= 4 is 45.8 Å². The molecule has 0 unspecified atom stereocenters. The summed E-state index contributed by atoms with van der Waals surface area (Å²) < 4.78 is 0. The van der Waals surface area contributed by atoms with Gasteiger partial charge in [0.25, 0.3) is 0 Å². The van der Waals surface area contributed by atoms with Gasteiger partial charge in [-0.25, -0.2) is 0 Å². The predicted octanol–water partition coefficient (Wildman–Crippen LogP) is 3.17. The van der Waals surface area contributed by atoms with Crippen LogP contribution in [0.1, 0.15) is 12.8 Å². The van der Waals surface area contributed by atoms with E-state index in [0.717, 1.165) is 10.9 Å². The van der Waals surface area contributed by atoms with Gasteiger partial charge in [-0.15, -0.1) is 11.6 Å². The number of amides is 1. The lowest BCUT2D eigenvalue weighted by atomic mass is 10.2. The molecule has 0 atom stereocenters. The first-order valence-corrected chi connectivity index (χ1v) is 6.11. The Morgan fingerprint density at radius 3 is 3.06 bits per heavy atom. The van der Waals surface area contributed by atoms with Crippen LogP contribution in [0.4, 0.5) is 5.82 Å². The highest BCUT2D eigenvalue weighted by atomic mass is 35.5. The number of nitrogens with zero attached hydrogens (tertiary/aromatic N) is 1. The normalized spacial score (nSPS) is 10.7. The molecule has 0 aliphatic rings. The number of carbonyl (C=O) groups excluding carboxylic acids is 1. The van der Waals surface area contributed by atoms with Crippen LogP contribution >= 0.6 is 23.2 Å². The molecule has 2 rings (SSSR count). The van der Waals surface area contributed by atoms with Gasteiger partial charge in [-0.2, -0.15) is 5.10 Å². The monoisotopic (exact) mass is 271 g/mol. The molecule has 1 heterocycles. The molecule has 1 aromatic heterocycles. The smallest absolute Gasteiger partial charge is 0.225 e. The molecule has 0 spiro atoms. The zero-order valence-corrected chi connectivity index (χ0v) is 10.5. The van der Waals surface area contributed by atoms with Crippen molar-refractivity contribution < 1.29 is 4.79 Å². The van der Waals surface area contributed by atoms with Crippen molar-refractivity contribution in [2.75, 3.05) is 11.2 Å². The van der Waals surface area contributed by atoms with E-state index in [4.69, 9.17) is 23.2 Å². The van der Waals surface area contributed by atoms with Crippen LogP contribution in [0.25, 0.3) is 10.9 Å². The molecular formula is C11H11Cl2N3O. The molecule has 0 aliphatic heterocycles. The lowest BCUT2D eigenvalue weighted by Gasteiger charge is -2.00. The largest absolute Gasteiger partial charge is 0.309 e. The number of halogens is 2. The highest BCUT2D eigenvalue weighted by Crippen LogP contribution is 2.23. The first-order chi connectivity index (χ1) is 8.20. The zero-order valence-electron chi connectivity index (χ0n) is 8.96. The summed E-state index contributed by atoms with van der Waals surface area (Å²) in [7, 11) is 0. The van der Waals surface area contributed by atoms with Crippen LogP contribution in [-0.2, 0) is 4.79 Å².